The monoisotopic (exact) mass is 435 g/mol. The van der Waals surface area contributed by atoms with Gasteiger partial charge in [0.25, 0.3) is 0 Å². The Bertz CT molecular complexity index is 920. The summed E-state index contributed by atoms with van der Waals surface area (Å²) in [6, 6.07) is 10.9. The Morgan fingerprint density at radius 2 is 2.03 bits per heavy atom. The smallest absolute Gasteiger partial charge is 0.325 e. The van der Waals surface area contributed by atoms with E-state index in [2.05, 4.69) is 15.5 Å². The minimum atomic E-state index is -0.480. The predicted octanol–water partition coefficient (Wildman–Crippen LogP) is 4.26. The van der Waals surface area contributed by atoms with Crippen molar-refractivity contribution in [3.05, 3.63) is 63.1 Å². The Hall–Kier alpha value is -2.28. The number of benzene rings is 2. The second-order valence-electron chi connectivity index (χ2n) is 6.94. The number of fused-ring (bicyclic) bond motifs is 1. The molecule has 6 nitrogen and oxygen atoms in total. The second-order valence-corrected chi connectivity index (χ2v) is 7.79. The number of nitrogens with zero attached hydrogens (tertiary/aromatic N) is 1. The highest BCUT2D eigenvalue weighted by atomic mass is 35.5. The summed E-state index contributed by atoms with van der Waals surface area (Å²) >= 11 is 12.7. The molecule has 2 aromatic carbocycles. The van der Waals surface area contributed by atoms with Crippen LogP contribution in [0.2, 0.25) is 10.0 Å². The SMILES string of the molecule is CCOC(=O)CNC(=O)Nc1cccc([C@H]2CN(C)Cc3c(Cl)cc(Cl)cc32)c1. The zero-order valence-electron chi connectivity index (χ0n) is 16.3. The molecule has 0 aliphatic carbocycles. The van der Waals surface area contributed by atoms with Gasteiger partial charge in [0, 0.05) is 34.7 Å². The van der Waals surface area contributed by atoms with E-state index in [1.165, 1.54) is 0 Å². The Kier molecular flexibility index (Phi) is 7.00. The molecule has 2 N–H and O–H groups in total. The fraction of sp³-hybridized carbons (Fsp3) is 0.333. The van der Waals surface area contributed by atoms with Gasteiger partial charge in [-0.15, -0.1) is 0 Å². The van der Waals surface area contributed by atoms with Gasteiger partial charge in [0.2, 0.25) is 0 Å². The van der Waals surface area contributed by atoms with Crippen LogP contribution in [0.5, 0.6) is 0 Å². The van der Waals surface area contributed by atoms with Crippen LogP contribution in [0.3, 0.4) is 0 Å². The highest BCUT2D eigenvalue weighted by Crippen LogP contribution is 2.38. The lowest BCUT2D eigenvalue weighted by Crippen LogP contribution is -2.34. The van der Waals surface area contributed by atoms with Gasteiger partial charge in [0.1, 0.15) is 6.54 Å². The molecule has 3 rings (SSSR count). The number of carbonyl (C=O) groups is 2. The van der Waals surface area contributed by atoms with Gasteiger partial charge in [-0.3, -0.25) is 4.79 Å². The standard InChI is InChI=1S/C21H23Cl2N3O3/c1-3-29-20(27)10-24-21(28)25-15-6-4-5-13(7-15)17-11-26(2)12-18-16(17)8-14(22)9-19(18)23/h4-9,17H,3,10-12H2,1-2H3,(H2,24,25,28)/t17-/m1/s1. The van der Waals surface area contributed by atoms with Gasteiger partial charge in [-0.05, 0) is 54.9 Å². The molecule has 8 heteroatoms. The van der Waals surface area contributed by atoms with Crippen molar-refractivity contribution in [3.63, 3.8) is 0 Å². The van der Waals surface area contributed by atoms with Crippen molar-refractivity contribution in [2.24, 2.45) is 0 Å². The molecule has 29 heavy (non-hydrogen) atoms. The second kappa shape index (κ2) is 9.48. The highest BCUT2D eigenvalue weighted by molar-refractivity contribution is 6.35. The van der Waals surface area contributed by atoms with E-state index in [4.69, 9.17) is 27.9 Å². The van der Waals surface area contributed by atoms with Crippen LogP contribution < -0.4 is 10.6 Å². The maximum atomic E-state index is 12.1. The lowest BCUT2D eigenvalue weighted by Gasteiger charge is -2.33. The van der Waals surface area contributed by atoms with Crippen LogP contribution in [0.1, 0.15) is 29.5 Å². The molecular formula is C21H23Cl2N3O3. The van der Waals surface area contributed by atoms with Crippen molar-refractivity contribution in [2.45, 2.75) is 19.4 Å². The number of ether oxygens (including phenoxy) is 1. The first-order valence-electron chi connectivity index (χ1n) is 9.34. The van der Waals surface area contributed by atoms with Crippen LogP contribution in [0.4, 0.5) is 10.5 Å². The highest BCUT2D eigenvalue weighted by Gasteiger charge is 2.27. The first-order valence-corrected chi connectivity index (χ1v) is 10.1. The van der Waals surface area contributed by atoms with Crippen molar-refractivity contribution < 1.29 is 14.3 Å². The summed E-state index contributed by atoms with van der Waals surface area (Å²) < 4.78 is 4.80. The molecule has 0 unspecified atom stereocenters. The zero-order valence-corrected chi connectivity index (χ0v) is 17.8. The molecular weight excluding hydrogens is 413 g/mol. The fourth-order valence-electron chi connectivity index (χ4n) is 3.50. The number of esters is 1. The van der Waals surface area contributed by atoms with Gasteiger partial charge in [-0.25, -0.2) is 4.79 Å². The average Bonchev–Trinajstić information content (AvgIpc) is 2.67. The van der Waals surface area contributed by atoms with Gasteiger partial charge in [0.15, 0.2) is 0 Å². The number of urea groups is 1. The number of hydrogen-bond donors (Lipinski definition) is 2. The molecule has 2 amide bonds. The number of carbonyl (C=O) groups excluding carboxylic acids is 2. The molecule has 1 aliphatic heterocycles. The molecule has 1 heterocycles. The van der Waals surface area contributed by atoms with Crippen molar-refractivity contribution in [3.8, 4) is 0 Å². The summed E-state index contributed by atoms with van der Waals surface area (Å²) in [6.45, 7) is 3.37. The molecule has 0 saturated carbocycles. The van der Waals surface area contributed by atoms with Crippen molar-refractivity contribution >= 4 is 40.9 Å². The van der Waals surface area contributed by atoms with Crippen LogP contribution in [0.15, 0.2) is 36.4 Å². The van der Waals surface area contributed by atoms with E-state index in [0.29, 0.717) is 15.7 Å². The zero-order chi connectivity index (χ0) is 21.0. The van der Waals surface area contributed by atoms with Crippen LogP contribution >= 0.6 is 23.2 Å². The van der Waals surface area contributed by atoms with Crippen LogP contribution in [0, 0.1) is 0 Å². The van der Waals surface area contributed by atoms with Crippen LogP contribution in [-0.2, 0) is 16.1 Å². The molecule has 0 saturated heterocycles. The summed E-state index contributed by atoms with van der Waals surface area (Å²) in [6.07, 6.45) is 0. The van der Waals surface area contributed by atoms with Gasteiger partial charge < -0.3 is 20.3 Å². The van der Waals surface area contributed by atoms with Crippen LogP contribution in [0.25, 0.3) is 0 Å². The number of rotatable bonds is 5. The molecule has 154 valence electrons. The third kappa shape index (κ3) is 5.41. The number of nitrogens with one attached hydrogen (secondary N) is 2. The fourth-order valence-corrected chi connectivity index (χ4v) is 4.07. The third-order valence-corrected chi connectivity index (χ3v) is 5.29. The summed E-state index contributed by atoms with van der Waals surface area (Å²) in [5, 5.41) is 6.51. The Labute approximate surface area is 180 Å². The minimum Gasteiger partial charge on any atom is -0.465 e. The Balaban J connectivity index is 1.78. The minimum absolute atomic E-state index is 0.0734. The molecule has 0 radical (unpaired) electrons. The summed E-state index contributed by atoms with van der Waals surface area (Å²) in [4.78, 5) is 25.7. The first-order chi connectivity index (χ1) is 13.9. The van der Waals surface area contributed by atoms with Crippen molar-refractivity contribution in [1.29, 1.82) is 0 Å². The quantitative estimate of drug-likeness (QED) is 0.688. The molecule has 1 aliphatic rings. The molecule has 0 fully saturated rings. The Morgan fingerprint density at radius 1 is 1.24 bits per heavy atom. The molecule has 0 aromatic heterocycles. The van der Waals surface area contributed by atoms with E-state index < -0.39 is 12.0 Å². The average molecular weight is 436 g/mol. The van der Waals surface area contributed by atoms with E-state index in [9.17, 15) is 9.59 Å². The first kappa shape index (κ1) is 21.4. The van der Waals surface area contributed by atoms with E-state index in [1.54, 1.807) is 19.1 Å². The summed E-state index contributed by atoms with van der Waals surface area (Å²) in [5.74, 6) is -0.406. The van der Waals surface area contributed by atoms with Crippen molar-refractivity contribution in [1.82, 2.24) is 10.2 Å². The number of halogens is 2. The van der Waals surface area contributed by atoms with Gasteiger partial charge in [0.05, 0.1) is 6.61 Å². The van der Waals surface area contributed by atoms with Gasteiger partial charge >= 0.3 is 12.0 Å². The maximum Gasteiger partial charge on any atom is 0.325 e. The lowest BCUT2D eigenvalue weighted by molar-refractivity contribution is -0.141. The van der Waals surface area contributed by atoms with E-state index in [0.717, 1.165) is 29.8 Å². The predicted molar refractivity (Wildman–Crippen MR) is 115 cm³/mol. The van der Waals surface area contributed by atoms with E-state index >= 15 is 0 Å². The topological polar surface area (TPSA) is 70.7 Å². The largest absolute Gasteiger partial charge is 0.465 e. The normalized spacial score (nSPS) is 16.1. The maximum absolute atomic E-state index is 12.1. The molecule has 2 aromatic rings. The molecule has 0 spiro atoms. The number of anilines is 1. The van der Waals surface area contributed by atoms with E-state index in [1.807, 2.05) is 31.3 Å². The lowest BCUT2D eigenvalue weighted by atomic mass is 9.84. The van der Waals surface area contributed by atoms with Crippen LogP contribution in [-0.4, -0.2) is 43.6 Å². The number of hydrogen-bond acceptors (Lipinski definition) is 4. The summed E-state index contributed by atoms with van der Waals surface area (Å²) in [5.41, 5.74) is 3.84. The van der Waals surface area contributed by atoms with Crippen molar-refractivity contribution in [2.75, 3.05) is 32.1 Å². The number of amides is 2. The summed E-state index contributed by atoms with van der Waals surface area (Å²) in [7, 11) is 2.05. The molecule has 1 atom stereocenters. The van der Waals surface area contributed by atoms with E-state index in [-0.39, 0.29) is 19.1 Å². The van der Waals surface area contributed by atoms with Gasteiger partial charge in [-0.1, -0.05) is 35.3 Å². The Morgan fingerprint density at radius 3 is 2.79 bits per heavy atom. The molecule has 0 bridgehead atoms. The number of likely N-dealkylation sites (N-methyl/N-ethyl adjacent to an activating group) is 1. The van der Waals surface area contributed by atoms with Gasteiger partial charge in [-0.2, -0.15) is 0 Å². The third-order valence-electron chi connectivity index (χ3n) is 4.74.